The van der Waals surface area contributed by atoms with E-state index in [4.69, 9.17) is 0 Å². The summed E-state index contributed by atoms with van der Waals surface area (Å²) in [7, 11) is 0. The van der Waals surface area contributed by atoms with E-state index in [-0.39, 0.29) is 5.91 Å². The molecule has 2 aliphatic rings. The average Bonchev–Trinajstić information content (AvgIpc) is 3.15. The third-order valence-electron chi connectivity index (χ3n) is 4.93. The Hall–Kier alpha value is -2.44. The van der Waals surface area contributed by atoms with Gasteiger partial charge in [-0.2, -0.15) is 0 Å². The van der Waals surface area contributed by atoms with Gasteiger partial charge in [-0.25, -0.2) is 0 Å². The van der Waals surface area contributed by atoms with Gasteiger partial charge in [0, 0.05) is 34.0 Å². The second-order valence-electron chi connectivity index (χ2n) is 6.86. The Labute approximate surface area is 166 Å². The molecule has 0 spiro atoms. The van der Waals surface area contributed by atoms with Crippen LogP contribution in [0.1, 0.15) is 34.3 Å². The number of nitrogens with one attached hydrogen (secondary N) is 2. The van der Waals surface area contributed by atoms with Gasteiger partial charge in [-0.05, 0) is 61.8 Å². The van der Waals surface area contributed by atoms with Crippen molar-refractivity contribution in [2.75, 3.05) is 18.4 Å². The van der Waals surface area contributed by atoms with Crippen molar-refractivity contribution in [2.24, 2.45) is 0 Å². The summed E-state index contributed by atoms with van der Waals surface area (Å²) in [6, 6.07) is 13.5. The molecule has 2 heterocycles. The molecule has 0 bridgehead atoms. The van der Waals surface area contributed by atoms with E-state index in [2.05, 4.69) is 43.6 Å². The smallest absolute Gasteiger partial charge is 0.260 e. The maximum absolute atomic E-state index is 12.3. The fourth-order valence-electron chi connectivity index (χ4n) is 3.50. The van der Waals surface area contributed by atoms with Crippen molar-refractivity contribution in [2.45, 2.75) is 19.4 Å². The van der Waals surface area contributed by atoms with Crippen LogP contribution in [0.15, 0.2) is 53.1 Å². The highest BCUT2D eigenvalue weighted by molar-refractivity contribution is 9.10. The molecule has 1 saturated heterocycles. The van der Waals surface area contributed by atoms with Crippen molar-refractivity contribution >= 4 is 39.0 Å². The van der Waals surface area contributed by atoms with Crippen LogP contribution in [0.2, 0.25) is 0 Å². The van der Waals surface area contributed by atoms with Crippen LogP contribution in [0.4, 0.5) is 5.69 Å². The number of benzene rings is 2. The number of carbonyl (C=O) groups excluding carboxylic acids is 2. The summed E-state index contributed by atoms with van der Waals surface area (Å²) < 4.78 is 0.820. The lowest BCUT2D eigenvalue weighted by molar-refractivity contribution is -0.114. The molecule has 6 heteroatoms. The summed E-state index contributed by atoms with van der Waals surface area (Å²) in [5, 5.41) is 5.56. The van der Waals surface area contributed by atoms with Gasteiger partial charge in [-0.3, -0.25) is 19.8 Å². The number of amides is 2. The monoisotopic (exact) mass is 425 g/mol. The third kappa shape index (κ3) is 3.96. The van der Waals surface area contributed by atoms with Crippen LogP contribution in [-0.4, -0.2) is 29.8 Å². The predicted molar refractivity (Wildman–Crippen MR) is 109 cm³/mol. The predicted octanol–water partition coefficient (Wildman–Crippen LogP) is 3.77. The molecule has 2 N–H and O–H groups in total. The second-order valence-corrected chi connectivity index (χ2v) is 7.77. The molecular formula is C21H20BrN3O2. The Morgan fingerprint density at radius 1 is 1.00 bits per heavy atom. The number of rotatable bonds is 4. The minimum absolute atomic E-state index is 0.370. The zero-order valence-corrected chi connectivity index (χ0v) is 16.4. The van der Waals surface area contributed by atoms with E-state index in [9.17, 15) is 9.59 Å². The molecule has 2 aliphatic heterocycles. The molecule has 2 aromatic carbocycles. The number of fused-ring (bicyclic) bond motifs is 1. The number of carbonyl (C=O) groups is 2. The molecule has 0 atom stereocenters. The van der Waals surface area contributed by atoms with Crippen LogP contribution in [0.5, 0.6) is 0 Å². The van der Waals surface area contributed by atoms with Crippen molar-refractivity contribution in [3.8, 4) is 0 Å². The normalized spacial score (nSPS) is 18.5. The lowest BCUT2D eigenvalue weighted by Gasteiger charge is -2.19. The fourth-order valence-corrected chi connectivity index (χ4v) is 3.86. The van der Waals surface area contributed by atoms with E-state index in [1.807, 2.05) is 12.1 Å². The summed E-state index contributed by atoms with van der Waals surface area (Å²) in [6.07, 6.45) is 4.23. The number of nitrogens with zero attached hydrogens (tertiary/aromatic N) is 1. The first-order valence-electron chi connectivity index (χ1n) is 9.04. The van der Waals surface area contributed by atoms with Gasteiger partial charge in [0.1, 0.15) is 0 Å². The SMILES string of the molecule is O=C1NC(=O)c2ccc(Br)cc2/C1=C/Nc1ccc(CN2CCCC2)cc1. The molecule has 2 aromatic rings. The van der Waals surface area contributed by atoms with Gasteiger partial charge in [0.15, 0.2) is 0 Å². The second kappa shape index (κ2) is 7.66. The van der Waals surface area contributed by atoms with E-state index in [0.29, 0.717) is 16.7 Å². The van der Waals surface area contributed by atoms with Gasteiger partial charge in [0.2, 0.25) is 0 Å². The van der Waals surface area contributed by atoms with Crippen molar-refractivity contribution in [1.29, 1.82) is 0 Å². The van der Waals surface area contributed by atoms with Gasteiger partial charge < -0.3 is 5.32 Å². The average molecular weight is 426 g/mol. The fraction of sp³-hybridized carbons (Fsp3) is 0.238. The molecule has 1 fully saturated rings. The molecule has 0 unspecified atom stereocenters. The minimum Gasteiger partial charge on any atom is -0.361 e. The first kappa shape index (κ1) is 17.9. The number of likely N-dealkylation sites (tertiary alicyclic amines) is 1. The van der Waals surface area contributed by atoms with Gasteiger partial charge in [-0.1, -0.05) is 28.1 Å². The van der Waals surface area contributed by atoms with E-state index in [1.165, 1.54) is 31.5 Å². The van der Waals surface area contributed by atoms with E-state index >= 15 is 0 Å². The summed E-state index contributed by atoms with van der Waals surface area (Å²) in [6.45, 7) is 3.33. The Morgan fingerprint density at radius 2 is 1.74 bits per heavy atom. The van der Waals surface area contributed by atoms with Crippen LogP contribution in [0.25, 0.3) is 5.57 Å². The number of hydrogen-bond acceptors (Lipinski definition) is 4. The topological polar surface area (TPSA) is 61.4 Å². The molecule has 0 radical (unpaired) electrons. The maximum Gasteiger partial charge on any atom is 0.260 e. The van der Waals surface area contributed by atoms with Crippen LogP contribution < -0.4 is 10.6 Å². The first-order chi connectivity index (χ1) is 13.1. The molecular weight excluding hydrogens is 406 g/mol. The highest BCUT2D eigenvalue weighted by Crippen LogP contribution is 2.27. The Bertz CT molecular complexity index is 916. The Balaban J connectivity index is 1.52. The maximum atomic E-state index is 12.3. The molecule has 5 nitrogen and oxygen atoms in total. The van der Waals surface area contributed by atoms with Crippen molar-refractivity contribution < 1.29 is 9.59 Å². The van der Waals surface area contributed by atoms with Crippen molar-refractivity contribution in [1.82, 2.24) is 10.2 Å². The number of hydrogen-bond donors (Lipinski definition) is 2. The van der Waals surface area contributed by atoms with Gasteiger partial charge in [-0.15, -0.1) is 0 Å². The lowest BCUT2D eigenvalue weighted by atomic mass is 9.95. The lowest BCUT2D eigenvalue weighted by Crippen LogP contribution is -2.36. The van der Waals surface area contributed by atoms with Crippen molar-refractivity contribution in [3.63, 3.8) is 0 Å². The number of anilines is 1. The minimum atomic E-state index is -0.399. The summed E-state index contributed by atoms with van der Waals surface area (Å²) in [5.74, 6) is -0.769. The Kier molecular flexibility index (Phi) is 5.09. The summed E-state index contributed by atoms with van der Waals surface area (Å²) >= 11 is 3.40. The summed E-state index contributed by atoms with van der Waals surface area (Å²) in [5.41, 5.74) is 3.73. The van der Waals surface area contributed by atoms with E-state index in [1.54, 1.807) is 24.4 Å². The van der Waals surface area contributed by atoms with E-state index in [0.717, 1.165) is 16.7 Å². The third-order valence-corrected chi connectivity index (χ3v) is 5.42. The molecule has 138 valence electrons. The Morgan fingerprint density at radius 3 is 2.48 bits per heavy atom. The zero-order chi connectivity index (χ0) is 18.8. The van der Waals surface area contributed by atoms with E-state index < -0.39 is 5.91 Å². The number of imide groups is 1. The quantitative estimate of drug-likeness (QED) is 0.577. The molecule has 4 rings (SSSR count). The molecule has 0 saturated carbocycles. The van der Waals surface area contributed by atoms with Crippen LogP contribution in [0, 0.1) is 0 Å². The van der Waals surface area contributed by atoms with Crippen LogP contribution >= 0.6 is 15.9 Å². The zero-order valence-electron chi connectivity index (χ0n) is 14.8. The number of halogens is 1. The molecule has 27 heavy (non-hydrogen) atoms. The summed E-state index contributed by atoms with van der Waals surface area (Å²) in [4.78, 5) is 26.8. The highest BCUT2D eigenvalue weighted by Gasteiger charge is 2.27. The van der Waals surface area contributed by atoms with Crippen LogP contribution in [-0.2, 0) is 11.3 Å². The first-order valence-corrected chi connectivity index (χ1v) is 9.83. The largest absolute Gasteiger partial charge is 0.361 e. The standard InChI is InChI=1S/C21H20BrN3O2/c22-15-5-8-17-18(11-15)19(21(27)24-20(17)26)12-23-16-6-3-14(4-7-16)13-25-9-1-2-10-25/h3-8,11-12,23H,1-2,9-10,13H2,(H,24,26,27)/b19-12-. The molecule has 0 aliphatic carbocycles. The highest BCUT2D eigenvalue weighted by atomic mass is 79.9. The molecule has 2 amide bonds. The van der Waals surface area contributed by atoms with Gasteiger partial charge in [0.25, 0.3) is 11.8 Å². The van der Waals surface area contributed by atoms with Gasteiger partial charge >= 0.3 is 0 Å². The van der Waals surface area contributed by atoms with Gasteiger partial charge in [0.05, 0.1) is 5.57 Å². The van der Waals surface area contributed by atoms with Crippen molar-refractivity contribution in [3.05, 3.63) is 69.8 Å². The molecule has 0 aromatic heterocycles. The van der Waals surface area contributed by atoms with Crippen LogP contribution in [0.3, 0.4) is 0 Å².